The van der Waals surface area contributed by atoms with Gasteiger partial charge in [-0.3, -0.25) is 10.1 Å². The summed E-state index contributed by atoms with van der Waals surface area (Å²) in [6, 6.07) is 11.9. The molecule has 1 saturated carbocycles. The Balaban J connectivity index is 1.86. The van der Waals surface area contributed by atoms with Crippen LogP contribution in [0.5, 0.6) is 5.75 Å². The van der Waals surface area contributed by atoms with Crippen molar-refractivity contribution in [2.24, 2.45) is 11.1 Å². The molecule has 198 valence electrons. The quantitative estimate of drug-likeness (QED) is 0.202. The number of likely N-dealkylation sites (N-methyl/N-ethyl adjacent to an activating group) is 1. The predicted molar refractivity (Wildman–Crippen MR) is 144 cm³/mol. The van der Waals surface area contributed by atoms with Crippen molar-refractivity contribution in [3.05, 3.63) is 68.8 Å². The molecule has 4 rings (SSSR count). The highest BCUT2D eigenvalue weighted by atomic mass is 16.7. The second kappa shape index (κ2) is 9.80. The first-order valence-electron chi connectivity index (χ1n) is 13.0. The highest BCUT2D eigenvalue weighted by Gasteiger charge is 2.60. The van der Waals surface area contributed by atoms with Crippen LogP contribution >= 0.6 is 0 Å². The Kier molecular flexibility index (Phi) is 7.06. The largest absolute Gasteiger partial charge is 0.494 e. The van der Waals surface area contributed by atoms with Gasteiger partial charge in [0.15, 0.2) is 0 Å². The van der Waals surface area contributed by atoms with E-state index < -0.39 is 11.5 Å². The van der Waals surface area contributed by atoms with Crippen molar-refractivity contribution < 1.29 is 19.3 Å². The van der Waals surface area contributed by atoms with Crippen molar-refractivity contribution in [1.82, 2.24) is 0 Å². The number of aryl methyl sites for hydroxylation is 1. The van der Waals surface area contributed by atoms with Gasteiger partial charge in [0.2, 0.25) is 5.54 Å². The lowest BCUT2D eigenvalue weighted by Gasteiger charge is -2.50. The summed E-state index contributed by atoms with van der Waals surface area (Å²) in [6.45, 7) is 14.9. The molecule has 2 aliphatic rings. The van der Waals surface area contributed by atoms with E-state index in [1.54, 1.807) is 6.92 Å². The summed E-state index contributed by atoms with van der Waals surface area (Å²) in [6.07, 6.45) is 1.00. The van der Waals surface area contributed by atoms with Crippen LogP contribution in [0.25, 0.3) is 0 Å². The number of benzene rings is 2. The Morgan fingerprint density at radius 2 is 1.92 bits per heavy atom. The summed E-state index contributed by atoms with van der Waals surface area (Å²) in [5.74, 6) is 0.363. The third kappa shape index (κ3) is 4.47. The van der Waals surface area contributed by atoms with Crippen LogP contribution in [0.1, 0.15) is 82.6 Å². The van der Waals surface area contributed by atoms with Gasteiger partial charge in [-0.1, -0.05) is 18.1 Å². The van der Waals surface area contributed by atoms with E-state index in [1.807, 2.05) is 38.1 Å². The van der Waals surface area contributed by atoms with Gasteiger partial charge in [-0.05, 0) is 75.1 Å². The Bertz CT molecular complexity index is 1260. The van der Waals surface area contributed by atoms with Gasteiger partial charge in [-0.25, -0.2) is 4.79 Å². The van der Waals surface area contributed by atoms with Crippen molar-refractivity contribution in [3.63, 3.8) is 0 Å². The maximum atomic E-state index is 12.1. The van der Waals surface area contributed by atoms with E-state index in [1.165, 1.54) is 6.92 Å². The van der Waals surface area contributed by atoms with E-state index in [2.05, 4.69) is 43.0 Å². The van der Waals surface area contributed by atoms with Crippen LogP contribution in [0.3, 0.4) is 0 Å². The molecular formula is C29H37N3O5. The fraction of sp³-hybridized carbons (Fsp3) is 0.517. The summed E-state index contributed by atoms with van der Waals surface area (Å²) in [4.78, 5) is 31.2. The SMILES string of the molecule is CCOc1ccc(/C(=N\OC(C)=O)c2ccc3c(c2)C2CC(C)([N+](=O)[O-])CC(C)C2(C)N3CC)c(C)c1. The number of hydrogen-bond acceptors (Lipinski definition) is 7. The molecule has 0 amide bonds. The Morgan fingerprint density at radius 3 is 2.51 bits per heavy atom. The van der Waals surface area contributed by atoms with Gasteiger partial charge in [-0.15, -0.1) is 0 Å². The maximum absolute atomic E-state index is 12.1. The molecular weight excluding hydrogens is 470 g/mol. The first-order valence-corrected chi connectivity index (χ1v) is 13.0. The van der Waals surface area contributed by atoms with E-state index in [0.29, 0.717) is 25.2 Å². The fourth-order valence-corrected chi connectivity index (χ4v) is 6.49. The van der Waals surface area contributed by atoms with Crippen molar-refractivity contribution in [2.45, 2.75) is 78.3 Å². The van der Waals surface area contributed by atoms with Crippen LogP contribution in [-0.2, 0) is 9.63 Å². The Hall–Kier alpha value is -3.42. The molecule has 0 spiro atoms. The molecule has 8 nitrogen and oxygen atoms in total. The van der Waals surface area contributed by atoms with Crippen LogP contribution in [0.4, 0.5) is 5.69 Å². The average molecular weight is 508 g/mol. The first kappa shape index (κ1) is 26.6. The molecule has 8 heteroatoms. The highest BCUT2D eigenvalue weighted by Crippen LogP contribution is 2.59. The van der Waals surface area contributed by atoms with Gasteiger partial charge in [-0.2, -0.15) is 0 Å². The molecule has 2 aromatic carbocycles. The van der Waals surface area contributed by atoms with E-state index in [9.17, 15) is 14.9 Å². The zero-order chi connectivity index (χ0) is 27.1. The summed E-state index contributed by atoms with van der Waals surface area (Å²) in [5, 5.41) is 16.4. The summed E-state index contributed by atoms with van der Waals surface area (Å²) in [5.41, 5.74) is 4.07. The average Bonchev–Trinajstić information content (AvgIpc) is 3.08. The zero-order valence-electron chi connectivity index (χ0n) is 22.8. The summed E-state index contributed by atoms with van der Waals surface area (Å²) in [7, 11) is 0. The minimum Gasteiger partial charge on any atom is -0.494 e. The van der Waals surface area contributed by atoms with E-state index in [4.69, 9.17) is 9.57 Å². The third-order valence-corrected chi connectivity index (χ3v) is 8.43. The third-order valence-electron chi connectivity index (χ3n) is 8.43. The molecule has 0 N–H and O–H groups in total. The lowest BCUT2D eigenvalue weighted by atomic mass is 9.61. The van der Waals surface area contributed by atoms with Gasteiger partial charge in [0.1, 0.15) is 11.5 Å². The number of nitro groups is 1. The zero-order valence-corrected chi connectivity index (χ0v) is 22.8. The molecule has 0 saturated heterocycles. The number of rotatable bonds is 7. The minimum atomic E-state index is -0.985. The van der Waals surface area contributed by atoms with Crippen LogP contribution < -0.4 is 9.64 Å². The van der Waals surface area contributed by atoms with Crippen molar-refractivity contribution >= 4 is 17.4 Å². The van der Waals surface area contributed by atoms with E-state index >= 15 is 0 Å². The molecule has 1 heterocycles. The molecule has 0 bridgehead atoms. The molecule has 4 unspecified atom stereocenters. The van der Waals surface area contributed by atoms with Crippen molar-refractivity contribution in [2.75, 3.05) is 18.1 Å². The van der Waals surface area contributed by atoms with Crippen molar-refractivity contribution in [1.29, 1.82) is 0 Å². The lowest BCUT2D eigenvalue weighted by molar-refractivity contribution is -0.573. The standard InChI is InChI=1S/C29H37N3O5/c1-8-31-26-13-10-21(15-24(26)25-17-28(6,32(34)35)16-19(4)29(25,31)7)27(30-37-20(5)33)23-12-11-22(36-9-2)14-18(23)3/h10-15,19,25H,8-9,16-17H2,1-7H3/b30-27-. The number of fused-ring (bicyclic) bond motifs is 3. The van der Waals surface area contributed by atoms with Crippen LogP contribution in [0, 0.1) is 23.0 Å². The number of oxime groups is 1. The number of ether oxygens (including phenoxy) is 1. The second-order valence-corrected chi connectivity index (χ2v) is 10.8. The van der Waals surface area contributed by atoms with Gasteiger partial charge >= 0.3 is 5.97 Å². The number of carbonyl (C=O) groups is 1. The van der Waals surface area contributed by atoms with Gasteiger partial charge < -0.3 is 14.5 Å². The van der Waals surface area contributed by atoms with Crippen molar-refractivity contribution in [3.8, 4) is 5.75 Å². The monoisotopic (exact) mass is 507 g/mol. The normalized spacial score (nSPS) is 26.9. The number of anilines is 1. The van der Waals surface area contributed by atoms with Crippen LogP contribution in [-0.4, -0.2) is 40.8 Å². The molecule has 2 aromatic rings. The second-order valence-electron chi connectivity index (χ2n) is 10.8. The maximum Gasteiger partial charge on any atom is 0.332 e. The fourth-order valence-electron chi connectivity index (χ4n) is 6.49. The molecule has 1 fully saturated rings. The number of nitrogens with zero attached hydrogens (tertiary/aromatic N) is 3. The molecule has 0 radical (unpaired) electrons. The topological polar surface area (TPSA) is 94.3 Å². The highest BCUT2D eigenvalue weighted by molar-refractivity contribution is 6.14. The van der Waals surface area contributed by atoms with Crippen LogP contribution in [0.15, 0.2) is 41.6 Å². The van der Waals surface area contributed by atoms with E-state index in [-0.39, 0.29) is 22.3 Å². The predicted octanol–water partition coefficient (Wildman–Crippen LogP) is 5.86. The van der Waals surface area contributed by atoms with Gasteiger partial charge in [0.05, 0.1) is 6.61 Å². The van der Waals surface area contributed by atoms with Crippen LogP contribution in [0.2, 0.25) is 0 Å². The summed E-state index contributed by atoms with van der Waals surface area (Å²) < 4.78 is 5.64. The summed E-state index contributed by atoms with van der Waals surface area (Å²) >= 11 is 0. The smallest absolute Gasteiger partial charge is 0.332 e. The van der Waals surface area contributed by atoms with Gasteiger partial charge in [0, 0.05) is 66.4 Å². The Labute approximate surface area is 218 Å². The molecule has 0 aromatic heterocycles. The minimum absolute atomic E-state index is 0.0158. The molecule has 4 atom stereocenters. The Morgan fingerprint density at radius 1 is 1.19 bits per heavy atom. The molecule has 1 aliphatic carbocycles. The molecule has 37 heavy (non-hydrogen) atoms. The molecule has 1 aliphatic heterocycles. The first-order chi connectivity index (χ1) is 17.5. The number of hydrogen-bond donors (Lipinski definition) is 0. The lowest BCUT2D eigenvalue weighted by Crippen LogP contribution is -2.59. The van der Waals surface area contributed by atoms with E-state index in [0.717, 1.165) is 40.2 Å². The number of carbonyl (C=O) groups excluding carboxylic acids is 1. The van der Waals surface area contributed by atoms with Gasteiger partial charge in [0.25, 0.3) is 0 Å².